The zero-order valence-electron chi connectivity index (χ0n) is 12.1. The van der Waals surface area contributed by atoms with E-state index in [-0.39, 0.29) is 13.2 Å². The Labute approximate surface area is 123 Å². The molecule has 2 rings (SSSR count). The number of rotatable bonds is 5. The Morgan fingerprint density at radius 2 is 2.00 bits per heavy atom. The van der Waals surface area contributed by atoms with Crippen LogP contribution in [-0.2, 0) is 30.3 Å². The first kappa shape index (κ1) is 15.9. The van der Waals surface area contributed by atoms with E-state index < -0.39 is 30.4 Å². The van der Waals surface area contributed by atoms with Crippen LogP contribution in [0.3, 0.4) is 0 Å². The van der Waals surface area contributed by atoms with Gasteiger partial charge in [-0.3, -0.25) is 0 Å². The largest absolute Gasteiger partial charge is 0.459 e. The van der Waals surface area contributed by atoms with Gasteiger partial charge in [-0.05, 0) is 5.56 Å². The van der Waals surface area contributed by atoms with Crippen LogP contribution in [0.25, 0.3) is 0 Å². The smallest absolute Gasteiger partial charge is 0.338 e. The lowest BCUT2D eigenvalue weighted by Crippen LogP contribution is -2.57. The number of esters is 1. The van der Waals surface area contributed by atoms with Gasteiger partial charge in [-0.2, -0.15) is 0 Å². The fraction of sp³-hybridized carbons (Fsp3) is 0.533. The zero-order valence-corrected chi connectivity index (χ0v) is 12.1. The SMILES string of the molecule is COC1COC(C(=O)OCc2ccccc2)[C@@H](O)C1OC. The molecular weight excluding hydrogens is 276 g/mol. The van der Waals surface area contributed by atoms with Crippen molar-refractivity contribution in [2.45, 2.75) is 31.0 Å². The highest BCUT2D eigenvalue weighted by atomic mass is 16.6. The van der Waals surface area contributed by atoms with Crippen LogP contribution >= 0.6 is 0 Å². The second-order valence-electron chi connectivity index (χ2n) is 4.81. The minimum Gasteiger partial charge on any atom is -0.459 e. The molecule has 0 bridgehead atoms. The summed E-state index contributed by atoms with van der Waals surface area (Å²) < 4.78 is 20.9. The summed E-state index contributed by atoms with van der Waals surface area (Å²) in [6, 6.07) is 9.31. The van der Waals surface area contributed by atoms with E-state index in [0.717, 1.165) is 5.56 Å². The van der Waals surface area contributed by atoms with Crippen LogP contribution < -0.4 is 0 Å². The number of benzene rings is 1. The van der Waals surface area contributed by atoms with Crippen LogP contribution in [0.5, 0.6) is 0 Å². The normalized spacial score (nSPS) is 29.1. The van der Waals surface area contributed by atoms with E-state index in [1.807, 2.05) is 30.3 Å². The Bertz CT molecular complexity index is 449. The van der Waals surface area contributed by atoms with E-state index in [2.05, 4.69) is 0 Å². The van der Waals surface area contributed by atoms with E-state index in [1.165, 1.54) is 14.2 Å². The number of aliphatic hydroxyl groups excluding tert-OH is 1. The maximum atomic E-state index is 12.0. The fourth-order valence-electron chi connectivity index (χ4n) is 2.30. The fourth-order valence-corrected chi connectivity index (χ4v) is 2.30. The lowest BCUT2D eigenvalue weighted by Gasteiger charge is -2.37. The molecule has 1 aliphatic rings. The maximum Gasteiger partial charge on any atom is 0.338 e. The van der Waals surface area contributed by atoms with Gasteiger partial charge in [0.1, 0.15) is 24.9 Å². The molecule has 0 saturated carbocycles. The number of ether oxygens (including phenoxy) is 4. The van der Waals surface area contributed by atoms with E-state index >= 15 is 0 Å². The predicted octanol–water partition coefficient (Wildman–Crippen LogP) is 0.519. The van der Waals surface area contributed by atoms with Gasteiger partial charge in [0.2, 0.25) is 0 Å². The van der Waals surface area contributed by atoms with Gasteiger partial charge in [0, 0.05) is 14.2 Å². The highest BCUT2D eigenvalue weighted by molar-refractivity contribution is 5.75. The lowest BCUT2D eigenvalue weighted by atomic mass is 10.00. The molecule has 0 amide bonds. The zero-order chi connectivity index (χ0) is 15.2. The average molecular weight is 296 g/mol. The quantitative estimate of drug-likeness (QED) is 0.799. The molecule has 4 atom stereocenters. The molecule has 1 N–H and O–H groups in total. The van der Waals surface area contributed by atoms with Crippen LogP contribution in [0.1, 0.15) is 5.56 Å². The predicted molar refractivity (Wildman–Crippen MR) is 73.6 cm³/mol. The molecule has 1 fully saturated rings. The van der Waals surface area contributed by atoms with Gasteiger partial charge >= 0.3 is 5.97 Å². The topological polar surface area (TPSA) is 74.2 Å². The number of carbonyl (C=O) groups is 1. The van der Waals surface area contributed by atoms with Gasteiger partial charge in [0.25, 0.3) is 0 Å². The van der Waals surface area contributed by atoms with Gasteiger partial charge in [0.05, 0.1) is 6.61 Å². The van der Waals surface area contributed by atoms with Gasteiger partial charge in [-0.25, -0.2) is 4.79 Å². The van der Waals surface area contributed by atoms with Crippen molar-refractivity contribution in [1.82, 2.24) is 0 Å². The van der Waals surface area contributed by atoms with Crippen molar-refractivity contribution in [2.75, 3.05) is 20.8 Å². The molecule has 1 heterocycles. The van der Waals surface area contributed by atoms with Crippen molar-refractivity contribution in [2.24, 2.45) is 0 Å². The third-order valence-corrected chi connectivity index (χ3v) is 3.48. The molecule has 1 aromatic rings. The minimum absolute atomic E-state index is 0.137. The summed E-state index contributed by atoms with van der Waals surface area (Å²) in [6.07, 6.45) is -3.23. The van der Waals surface area contributed by atoms with Crippen molar-refractivity contribution < 1.29 is 28.8 Å². The molecule has 1 aliphatic heterocycles. The van der Waals surface area contributed by atoms with Gasteiger partial charge in [-0.1, -0.05) is 30.3 Å². The molecule has 6 heteroatoms. The molecular formula is C15H20O6. The summed E-state index contributed by atoms with van der Waals surface area (Å²) in [5, 5.41) is 10.2. The number of methoxy groups -OCH3 is 2. The monoisotopic (exact) mass is 296 g/mol. The molecule has 6 nitrogen and oxygen atoms in total. The molecule has 0 radical (unpaired) electrons. The summed E-state index contributed by atoms with van der Waals surface area (Å²) in [5.74, 6) is -0.608. The Morgan fingerprint density at radius 1 is 1.29 bits per heavy atom. The third-order valence-electron chi connectivity index (χ3n) is 3.48. The van der Waals surface area contributed by atoms with E-state index in [4.69, 9.17) is 18.9 Å². The molecule has 116 valence electrons. The summed E-state index contributed by atoms with van der Waals surface area (Å²) in [6.45, 7) is 0.300. The van der Waals surface area contributed by atoms with Crippen LogP contribution in [-0.4, -0.2) is 56.3 Å². The lowest BCUT2D eigenvalue weighted by molar-refractivity contribution is -0.216. The van der Waals surface area contributed by atoms with Gasteiger partial charge < -0.3 is 24.1 Å². The molecule has 1 aromatic carbocycles. The summed E-state index contributed by atoms with van der Waals surface area (Å²) >= 11 is 0. The third kappa shape index (κ3) is 3.79. The number of aliphatic hydroxyl groups is 1. The van der Waals surface area contributed by atoms with Crippen molar-refractivity contribution in [1.29, 1.82) is 0 Å². The Kier molecular flexibility index (Phi) is 5.69. The second kappa shape index (κ2) is 7.51. The Balaban J connectivity index is 1.93. The molecule has 1 saturated heterocycles. The van der Waals surface area contributed by atoms with E-state index in [1.54, 1.807) is 0 Å². The highest BCUT2D eigenvalue weighted by Gasteiger charge is 2.44. The van der Waals surface area contributed by atoms with Crippen LogP contribution in [0.4, 0.5) is 0 Å². The van der Waals surface area contributed by atoms with E-state index in [9.17, 15) is 9.90 Å². The Hall–Kier alpha value is -1.47. The summed E-state index contributed by atoms with van der Waals surface area (Å²) in [7, 11) is 2.96. The Morgan fingerprint density at radius 3 is 2.62 bits per heavy atom. The summed E-state index contributed by atoms with van der Waals surface area (Å²) in [5.41, 5.74) is 0.870. The first-order valence-electron chi connectivity index (χ1n) is 6.73. The number of carbonyl (C=O) groups excluding carboxylic acids is 1. The van der Waals surface area contributed by atoms with Crippen molar-refractivity contribution in [3.63, 3.8) is 0 Å². The van der Waals surface area contributed by atoms with Crippen molar-refractivity contribution >= 4 is 5.97 Å². The first-order chi connectivity index (χ1) is 10.2. The van der Waals surface area contributed by atoms with Crippen LogP contribution in [0.2, 0.25) is 0 Å². The highest BCUT2D eigenvalue weighted by Crippen LogP contribution is 2.21. The van der Waals surface area contributed by atoms with Crippen molar-refractivity contribution in [3.05, 3.63) is 35.9 Å². The number of hydrogen-bond donors (Lipinski definition) is 1. The average Bonchev–Trinajstić information content (AvgIpc) is 2.53. The molecule has 0 aromatic heterocycles. The van der Waals surface area contributed by atoms with E-state index in [0.29, 0.717) is 0 Å². The standard InChI is InChI=1S/C15H20O6/c1-18-11-9-20-14(12(16)13(11)19-2)15(17)21-8-10-6-4-3-5-7-10/h3-7,11-14,16H,8-9H2,1-2H3/t11?,12-,13?,14?/m0/s1. The molecule has 21 heavy (non-hydrogen) atoms. The minimum atomic E-state index is -1.13. The van der Waals surface area contributed by atoms with Gasteiger partial charge in [-0.15, -0.1) is 0 Å². The molecule has 0 spiro atoms. The van der Waals surface area contributed by atoms with Crippen LogP contribution in [0.15, 0.2) is 30.3 Å². The molecule has 3 unspecified atom stereocenters. The summed E-state index contributed by atoms with van der Waals surface area (Å²) in [4.78, 5) is 12.0. The first-order valence-corrected chi connectivity index (χ1v) is 6.73. The molecule has 0 aliphatic carbocycles. The van der Waals surface area contributed by atoms with Crippen LogP contribution in [0, 0.1) is 0 Å². The maximum absolute atomic E-state index is 12.0. The second-order valence-corrected chi connectivity index (χ2v) is 4.81. The van der Waals surface area contributed by atoms with Crippen molar-refractivity contribution in [3.8, 4) is 0 Å². The van der Waals surface area contributed by atoms with Gasteiger partial charge in [0.15, 0.2) is 6.10 Å². The number of hydrogen-bond acceptors (Lipinski definition) is 6.